The van der Waals surface area contributed by atoms with E-state index in [1.165, 1.54) is 7.11 Å². The Labute approximate surface area is 148 Å². The average Bonchev–Trinajstić information content (AvgIpc) is 2.89. The fraction of sp³-hybridized carbons (Fsp3) is 0.421. The summed E-state index contributed by atoms with van der Waals surface area (Å²) in [5.41, 5.74) is 2.50. The molecule has 2 aromatic rings. The fourth-order valence-electron chi connectivity index (χ4n) is 2.77. The van der Waals surface area contributed by atoms with Crippen molar-refractivity contribution in [1.29, 1.82) is 0 Å². The Balaban J connectivity index is 2.22. The van der Waals surface area contributed by atoms with Crippen molar-refractivity contribution in [2.24, 2.45) is 0 Å². The Kier molecular flexibility index (Phi) is 5.62. The number of benzene rings is 1. The SMILES string of the molecule is CCC(C)(NC(=O)Cc1c(C)nn(-c2ccccc2)c1C)C(=O)OC. The molecule has 6 heteroatoms. The van der Waals surface area contributed by atoms with Crippen LogP contribution >= 0.6 is 0 Å². The van der Waals surface area contributed by atoms with Gasteiger partial charge in [-0.25, -0.2) is 9.48 Å². The van der Waals surface area contributed by atoms with Gasteiger partial charge < -0.3 is 10.1 Å². The molecule has 6 nitrogen and oxygen atoms in total. The molecule has 1 unspecified atom stereocenters. The molecule has 0 radical (unpaired) electrons. The maximum absolute atomic E-state index is 12.5. The minimum atomic E-state index is -1.02. The average molecular weight is 343 g/mol. The third-order valence-electron chi connectivity index (χ3n) is 4.54. The van der Waals surface area contributed by atoms with Crippen molar-refractivity contribution in [3.05, 3.63) is 47.3 Å². The smallest absolute Gasteiger partial charge is 0.331 e. The second-order valence-corrected chi connectivity index (χ2v) is 6.30. The highest BCUT2D eigenvalue weighted by atomic mass is 16.5. The Bertz CT molecular complexity index is 768. The molecular weight excluding hydrogens is 318 g/mol. The first-order valence-corrected chi connectivity index (χ1v) is 8.32. The molecule has 0 bridgehead atoms. The highest BCUT2D eigenvalue weighted by molar-refractivity contribution is 5.88. The first-order chi connectivity index (χ1) is 11.8. The van der Waals surface area contributed by atoms with Crippen LogP contribution in [0.2, 0.25) is 0 Å². The normalized spacial score (nSPS) is 13.2. The maximum atomic E-state index is 12.5. The Morgan fingerprint density at radius 1 is 1.24 bits per heavy atom. The second-order valence-electron chi connectivity index (χ2n) is 6.30. The Hall–Kier alpha value is -2.63. The van der Waals surface area contributed by atoms with E-state index in [1.807, 2.05) is 55.8 Å². The van der Waals surface area contributed by atoms with E-state index in [-0.39, 0.29) is 12.3 Å². The summed E-state index contributed by atoms with van der Waals surface area (Å²) in [7, 11) is 1.32. The van der Waals surface area contributed by atoms with Crippen LogP contribution in [-0.2, 0) is 20.7 Å². The van der Waals surface area contributed by atoms with Crippen LogP contribution in [0.5, 0.6) is 0 Å². The van der Waals surface area contributed by atoms with Crippen LogP contribution in [0.1, 0.15) is 37.2 Å². The second kappa shape index (κ2) is 7.51. The summed E-state index contributed by atoms with van der Waals surface area (Å²) in [6, 6.07) is 9.77. The zero-order valence-electron chi connectivity index (χ0n) is 15.4. The number of para-hydroxylation sites is 1. The largest absolute Gasteiger partial charge is 0.467 e. The molecule has 0 saturated carbocycles. The number of rotatable bonds is 6. The lowest BCUT2D eigenvalue weighted by atomic mass is 9.98. The minimum Gasteiger partial charge on any atom is -0.467 e. The molecule has 1 amide bonds. The summed E-state index contributed by atoms with van der Waals surface area (Å²) in [5, 5.41) is 7.34. The third-order valence-corrected chi connectivity index (χ3v) is 4.54. The van der Waals surface area contributed by atoms with E-state index in [9.17, 15) is 9.59 Å². The maximum Gasteiger partial charge on any atom is 0.331 e. The summed E-state index contributed by atoms with van der Waals surface area (Å²) in [5.74, 6) is -0.676. The molecule has 134 valence electrons. The lowest BCUT2D eigenvalue weighted by molar-refractivity contribution is -0.150. The van der Waals surface area contributed by atoms with Gasteiger partial charge in [-0.15, -0.1) is 0 Å². The molecule has 2 rings (SSSR count). The molecule has 0 aliphatic carbocycles. The van der Waals surface area contributed by atoms with Crippen LogP contribution in [0.3, 0.4) is 0 Å². The number of hydrogen-bond acceptors (Lipinski definition) is 4. The molecule has 1 heterocycles. The monoisotopic (exact) mass is 343 g/mol. The molecule has 0 fully saturated rings. The number of aryl methyl sites for hydroxylation is 1. The number of carbonyl (C=O) groups is 2. The Morgan fingerprint density at radius 3 is 2.44 bits per heavy atom. The lowest BCUT2D eigenvalue weighted by Crippen LogP contribution is -2.52. The van der Waals surface area contributed by atoms with Gasteiger partial charge in [-0.2, -0.15) is 5.10 Å². The number of esters is 1. The molecular formula is C19H25N3O3. The topological polar surface area (TPSA) is 73.2 Å². The van der Waals surface area contributed by atoms with Gasteiger partial charge in [0.25, 0.3) is 0 Å². The van der Waals surface area contributed by atoms with Gasteiger partial charge in [0, 0.05) is 11.3 Å². The minimum absolute atomic E-state index is 0.164. The van der Waals surface area contributed by atoms with Crippen LogP contribution in [0, 0.1) is 13.8 Å². The van der Waals surface area contributed by atoms with Gasteiger partial charge in [-0.05, 0) is 39.3 Å². The van der Waals surface area contributed by atoms with Crippen molar-refractivity contribution >= 4 is 11.9 Å². The van der Waals surface area contributed by atoms with Gasteiger partial charge in [0.2, 0.25) is 5.91 Å². The van der Waals surface area contributed by atoms with Gasteiger partial charge in [0.1, 0.15) is 5.54 Å². The summed E-state index contributed by atoms with van der Waals surface area (Å²) >= 11 is 0. The van der Waals surface area contributed by atoms with Gasteiger partial charge in [0.05, 0.1) is 24.9 Å². The Morgan fingerprint density at radius 2 is 1.88 bits per heavy atom. The van der Waals surface area contributed by atoms with Crippen molar-refractivity contribution in [3.8, 4) is 5.69 Å². The van der Waals surface area contributed by atoms with Gasteiger partial charge in [0.15, 0.2) is 0 Å². The number of hydrogen-bond donors (Lipinski definition) is 1. The quantitative estimate of drug-likeness (QED) is 0.818. The molecule has 0 aliphatic rings. The van der Waals surface area contributed by atoms with Crippen molar-refractivity contribution in [3.63, 3.8) is 0 Å². The number of nitrogens with one attached hydrogen (secondary N) is 1. The van der Waals surface area contributed by atoms with Crippen molar-refractivity contribution in [2.75, 3.05) is 7.11 Å². The van der Waals surface area contributed by atoms with Gasteiger partial charge in [-0.3, -0.25) is 4.79 Å². The van der Waals surface area contributed by atoms with Crippen molar-refractivity contribution < 1.29 is 14.3 Å². The van der Waals surface area contributed by atoms with E-state index < -0.39 is 11.5 Å². The van der Waals surface area contributed by atoms with E-state index in [0.717, 1.165) is 22.6 Å². The molecule has 1 atom stereocenters. The highest BCUT2D eigenvalue weighted by Crippen LogP contribution is 2.19. The van der Waals surface area contributed by atoms with E-state index in [4.69, 9.17) is 4.74 Å². The first kappa shape index (κ1) is 18.7. The van der Waals surface area contributed by atoms with Gasteiger partial charge in [-0.1, -0.05) is 25.1 Å². The van der Waals surface area contributed by atoms with Crippen molar-refractivity contribution in [1.82, 2.24) is 15.1 Å². The summed E-state index contributed by atoms with van der Waals surface area (Å²) in [4.78, 5) is 24.4. The van der Waals surface area contributed by atoms with Crippen LogP contribution in [0.25, 0.3) is 5.69 Å². The standard InChI is InChI=1S/C19H25N3O3/c1-6-19(4,18(24)25-5)20-17(23)12-16-13(2)21-22(14(16)3)15-10-8-7-9-11-15/h7-11H,6,12H2,1-5H3,(H,20,23). The van der Waals surface area contributed by atoms with Crippen LogP contribution in [0.4, 0.5) is 0 Å². The molecule has 25 heavy (non-hydrogen) atoms. The van der Waals surface area contributed by atoms with Gasteiger partial charge >= 0.3 is 5.97 Å². The predicted octanol–water partition coefficient (Wildman–Crippen LogP) is 2.49. The van der Waals surface area contributed by atoms with Crippen LogP contribution in [0.15, 0.2) is 30.3 Å². The summed E-state index contributed by atoms with van der Waals surface area (Å²) < 4.78 is 6.63. The van der Waals surface area contributed by atoms with Crippen LogP contribution < -0.4 is 5.32 Å². The number of carbonyl (C=O) groups excluding carboxylic acids is 2. The van der Waals surface area contributed by atoms with E-state index in [2.05, 4.69) is 10.4 Å². The van der Waals surface area contributed by atoms with E-state index in [1.54, 1.807) is 6.92 Å². The molecule has 0 saturated heterocycles. The van der Waals surface area contributed by atoms with Crippen LogP contribution in [-0.4, -0.2) is 34.3 Å². The molecule has 0 spiro atoms. The van der Waals surface area contributed by atoms with E-state index >= 15 is 0 Å². The number of nitrogens with zero attached hydrogens (tertiary/aromatic N) is 2. The first-order valence-electron chi connectivity index (χ1n) is 8.32. The lowest BCUT2D eigenvalue weighted by Gasteiger charge is -2.26. The molecule has 1 aromatic heterocycles. The zero-order chi connectivity index (χ0) is 18.6. The highest BCUT2D eigenvalue weighted by Gasteiger charge is 2.34. The number of aromatic nitrogens is 2. The fourth-order valence-corrected chi connectivity index (χ4v) is 2.77. The number of amides is 1. The number of ether oxygens (including phenoxy) is 1. The zero-order valence-corrected chi connectivity index (χ0v) is 15.4. The van der Waals surface area contributed by atoms with Crippen molar-refractivity contribution in [2.45, 2.75) is 46.1 Å². The molecule has 1 N–H and O–H groups in total. The molecule has 1 aromatic carbocycles. The molecule has 0 aliphatic heterocycles. The summed E-state index contributed by atoms with van der Waals surface area (Å²) in [6.45, 7) is 7.33. The number of methoxy groups -OCH3 is 1. The van der Waals surface area contributed by atoms with E-state index in [0.29, 0.717) is 6.42 Å². The third kappa shape index (κ3) is 3.90. The predicted molar refractivity (Wildman–Crippen MR) is 95.6 cm³/mol. The summed E-state index contributed by atoms with van der Waals surface area (Å²) in [6.07, 6.45) is 0.615.